The molecule has 0 atom stereocenters. The minimum atomic E-state index is -0.366. The SMILES string of the molecule is Cc1nonc1CNC(=O)c1cc2n(n1)CCN(C)C2=O. The van der Waals surface area contributed by atoms with Crippen molar-refractivity contribution in [1.29, 1.82) is 0 Å². The van der Waals surface area contributed by atoms with Gasteiger partial charge in [-0.1, -0.05) is 10.3 Å². The van der Waals surface area contributed by atoms with Crippen molar-refractivity contribution in [3.63, 3.8) is 0 Å². The zero-order chi connectivity index (χ0) is 15.0. The van der Waals surface area contributed by atoms with Crippen LogP contribution in [0.1, 0.15) is 32.4 Å². The van der Waals surface area contributed by atoms with E-state index < -0.39 is 0 Å². The van der Waals surface area contributed by atoms with Crippen LogP contribution in [0.2, 0.25) is 0 Å². The summed E-state index contributed by atoms with van der Waals surface area (Å²) < 4.78 is 6.11. The molecule has 9 nitrogen and oxygen atoms in total. The van der Waals surface area contributed by atoms with E-state index in [0.717, 1.165) is 0 Å². The van der Waals surface area contributed by atoms with E-state index in [1.54, 1.807) is 23.6 Å². The molecule has 0 bridgehead atoms. The van der Waals surface area contributed by atoms with Gasteiger partial charge in [-0.25, -0.2) is 4.63 Å². The molecule has 3 heterocycles. The molecule has 0 aromatic carbocycles. The summed E-state index contributed by atoms with van der Waals surface area (Å²) in [7, 11) is 1.72. The highest BCUT2D eigenvalue weighted by atomic mass is 16.6. The summed E-state index contributed by atoms with van der Waals surface area (Å²) in [5.41, 5.74) is 1.82. The Morgan fingerprint density at radius 1 is 1.43 bits per heavy atom. The first-order valence-corrected chi connectivity index (χ1v) is 6.46. The standard InChI is InChI=1S/C12H14N6O3/c1-7-9(16-21-15-7)6-13-11(19)8-5-10-12(20)17(2)3-4-18(10)14-8/h5H,3-4,6H2,1-2H3,(H,13,19). The molecular formula is C12H14N6O3. The second-order valence-corrected chi connectivity index (χ2v) is 4.84. The number of nitrogens with zero attached hydrogens (tertiary/aromatic N) is 5. The molecule has 0 aliphatic carbocycles. The molecule has 0 fully saturated rings. The number of hydrogen-bond acceptors (Lipinski definition) is 6. The Balaban J connectivity index is 1.73. The van der Waals surface area contributed by atoms with Crippen LogP contribution >= 0.6 is 0 Å². The predicted molar refractivity (Wildman–Crippen MR) is 69.4 cm³/mol. The number of hydrogen-bond donors (Lipinski definition) is 1. The highest BCUT2D eigenvalue weighted by molar-refractivity contribution is 5.98. The number of nitrogens with one attached hydrogen (secondary N) is 1. The van der Waals surface area contributed by atoms with Crippen LogP contribution in [-0.2, 0) is 13.1 Å². The average Bonchev–Trinajstić information content (AvgIpc) is 3.07. The van der Waals surface area contributed by atoms with E-state index in [1.165, 1.54) is 6.07 Å². The van der Waals surface area contributed by atoms with Crippen LogP contribution in [0, 0.1) is 6.92 Å². The number of likely N-dealkylation sites (N-methyl/N-ethyl adjacent to an activating group) is 1. The lowest BCUT2D eigenvalue weighted by molar-refractivity contribution is 0.0742. The van der Waals surface area contributed by atoms with Crippen LogP contribution in [0.3, 0.4) is 0 Å². The number of aryl methyl sites for hydroxylation is 1. The Hall–Kier alpha value is -2.71. The molecule has 1 N–H and O–H groups in total. The third-order valence-electron chi connectivity index (χ3n) is 3.39. The smallest absolute Gasteiger partial charge is 0.272 e. The van der Waals surface area contributed by atoms with Crippen molar-refractivity contribution in [2.45, 2.75) is 20.0 Å². The van der Waals surface area contributed by atoms with E-state index in [1.807, 2.05) is 0 Å². The number of rotatable bonds is 3. The summed E-state index contributed by atoms with van der Waals surface area (Å²) in [5, 5.41) is 14.1. The summed E-state index contributed by atoms with van der Waals surface area (Å²) in [5.74, 6) is -0.501. The lowest BCUT2D eigenvalue weighted by Gasteiger charge is -2.22. The van der Waals surface area contributed by atoms with Gasteiger partial charge in [-0.05, 0) is 6.92 Å². The van der Waals surface area contributed by atoms with Gasteiger partial charge in [0.05, 0.1) is 13.1 Å². The highest BCUT2D eigenvalue weighted by Gasteiger charge is 2.25. The summed E-state index contributed by atoms with van der Waals surface area (Å²) in [6.45, 7) is 3.10. The Morgan fingerprint density at radius 3 is 2.95 bits per heavy atom. The lowest BCUT2D eigenvalue weighted by atomic mass is 10.2. The van der Waals surface area contributed by atoms with Crippen LogP contribution in [0.4, 0.5) is 0 Å². The second kappa shape index (κ2) is 5.00. The zero-order valence-corrected chi connectivity index (χ0v) is 11.7. The van der Waals surface area contributed by atoms with Crippen molar-refractivity contribution < 1.29 is 14.2 Å². The van der Waals surface area contributed by atoms with Gasteiger partial charge in [0.25, 0.3) is 11.8 Å². The Labute approximate surface area is 119 Å². The van der Waals surface area contributed by atoms with Gasteiger partial charge in [0.1, 0.15) is 17.1 Å². The summed E-state index contributed by atoms with van der Waals surface area (Å²) in [6, 6.07) is 1.50. The monoisotopic (exact) mass is 290 g/mol. The van der Waals surface area contributed by atoms with Crippen molar-refractivity contribution in [3.05, 3.63) is 28.8 Å². The first-order valence-electron chi connectivity index (χ1n) is 6.46. The van der Waals surface area contributed by atoms with E-state index in [-0.39, 0.29) is 24.1 Å². The molecular weight excluding hydrogens is 276 g/mol. The first-order chi connectivity index (χ1) is 10.1. The maximum absolute atomic E-state index is 12.1. The largest absolute Gasteiger partial charge is 0.345 e. The molecule has 110 valence electrons. The van der Waals surface area contributed by atoms with Gasteiger partial charge in [-0.15, -0.1) is 0 Å². The normalized spacial score (nSPS) is 14.2. The quantitative estimate of drug-likeness (QED) is 0.823. The zero-order valence-electron chi connectivity index (χ0n) is 11.7. The second-order valence-electron chi connectivity index (χ2n) is 4.84. The molecule has 0 saturated carbocycles. The topological polar surface area (TPSA) is 106 Å². The van der Waals surface area contributed by atoms with Gasteiger partial charge >= 0.3 is 0 Å². The van der Waals surface area contributed by atoms with Gasteiger partial charge in [0, 0.05) is 19.7 Å². The molecule has 2 amide bonds. The van der Waals surface area contributed by atoms with Gasteiger partial charge in [0.2, 0.25) is 0 Å². The summed E-state index contributed by atoms with van der Waals surface area (Å²) >= 11 is 0. The molecule has 2 aromatic heterocycles. The molecule has 1 aliphatic heterocycles. The van der Waals surface area contributed by atoms with Gasteiger partial charge in [-0.3, -0.25) is 14.3 Å². The lowest BCUT2D eigenvalue weighted by Crippen LogP contribution is -2.37. The number of carbonyl (C=O) groups excluding carboxylic acids is 2. The highest BCUT2D eigenvalue weighted by Crippen LogP contribution is 2.12. The Kier molecular flexibility index (Phi) is 3.16. The maximum atomic E-state index is 12.1. The van der Waals surface area contributed by atoms with Crippen molar-refractivity contribution in [3.8, 4) is 0 Å². The fraction of sp³-hybridized carbons (Fsp3) is 0.417. The van der Waals surface area contributed by atoms with Crippen molar-refractivity contribution in [1.82, 2.24) is 30.3 Å². The molecule has 0 saturated heterocycles. The molecule has 21 heavy (non-hydrogen) atoms. The number of aromatic nitrogens is 4. The third kappa shape index (κ3) is 2.37. The van der Waals surface area contributed by atoms with E-state index in [4.69, 9.17) is 0 Å². The van der Waals surface area contributed by atoms with Crippen molar-refractivity contribution >= 4 is 11.8 Å². The van der Waals surface area contributed by atoms with Crippen molar-refractivity contribution in [2.24, 2.45) is 0 Å². The van der Waals surface area contributed by atoms with Crippen LogP contribution in [0.25, 0.3) is 0 Å². The van der Waals surface area contributed by atoms with Gasteiger partial charge in [0.15, 0.2) is 5.69 Å². The van der Waals surface area contributed by atoms with Crippen LogP contribution < -0.4 is 5.32 Å². The fourth-order valence-electron chi connectivity index (χ4n) is 2.08. The van der Waals surface area contributed by atoms with Crippen LogP contribution in [-0.4, -0.2) is 50.4 Å². The molecule has 1 aliphatic rings. The van der Waals surface area contributed by atoms with E-state index in [2.05, 4.69) is 25.4 Å². The molecule has 3 rings (SSSR count). The minimum Gasteiger partial charge on any atom is -0.345 e. The number of amides is 2. The van der Waals surface area contributed by atoms with Gasteiger partial charge < -0.3 is 10.2 Å². The van der Waals surface area contributed by atoms with Crippen LogP contribution in [0.5, 0.6) is 0 Å². The molecule has 9 heteroatoms. The van der Waals surface area contributed by atoms with E-state index >= 15 is 0 Å². The van der Waals surface area contributed by atoms with Crippen molar-refractivity contribution in [2.75, 3.05) is 13.6 Å². The van der Waals surface area contributed by atoms with Crippen LogP contribution in [0.15, 0.2) is 10.7 Å². The molecule has 0 spiro atoms. The maximum Gasteiger partial charge on any atom is 0.272 e. The number of carbonyl (C=O) groups is 2. The third-order valence-corrected chi connectivity index (χ3v) is 3.39. The molecule has 0 radical (unpaired) electrons. The predicted octanol–water partition coefficient (Wildman–Crippen LogP) is -0.410. The first kappa shape index (κ1) is 13.3. The fourth-order valence-corrected chi connectivity index (χ4v) is 2.08. The average molecular weight is 290 g/mol. The van der Waals surface area contributed by atoms with E-state index in [9.17, 15) is 9.59 Å². The Bertz CT molecular complexity index is 704. The Morgan fingerprint density at radius 2 is 2.24 bits per heavy atom. The summed E-state index contributed by atoms with van der Waals surface area (Å²) in [6.07, 6.45) is 0. The number of fused-ring (bicyclic) bond motifs is 1. The molecule has 0 unspecified atom stereocenters. The van der Waals surface area contributed by atoms with E-state index in [0.29, 0.717) is 30.2 Å². The van der Waals surface area contributed by atoms with Gasteiger partial charge in [-0.2, -0.15) is 5.10 Å². The molecule has 2 aromatic rings. The minimum absolute atomic E-state index is 0.135. The summed E-state index contributed by atoms with van der Waals surface area (Å²) in [4.78, 5) is 25.6.